The summed E-state index contributed by atoms with van der Waals surface area (Å²) in [5.41, 5.74) is 0. The minimum absolute atomic E-state index is 0.0416. The second-order valence-electron chi connectivity index (χ2n) is 3.65. The minimum Gasteiger partial charge on any atom is -0.465 e. The van der Waals surface area contributed by atoms with E-state index >= 15 is 0 Å². The molecule has 2 aromatic rings. The topological polar surface area (TPSA) is 84.2 Å². The number of thiophene rings is 1. The Bertz CT molecular complexity index is 588. The quantitative estimate of drug-likeness (QED) is 0.831. The van der Waals surface area contributed by atoms with Gasteiger partial charge in [-0.3, -0.25) is 14.8 Å². The smallest absolute Gasteiger partial charge is 0.410 e. The molecular formula is C11H11N3O3S. The monoisotopic (exact) mass is 265 g/mol. The number of ketones is 1. The first-order valence-electron chi connectivity index (χ1n) is 5.17. The lowest BCUT2D eigenvalue weighted by atomic mass is 10.3. The van der Waals surface area contributed by atoms with Gasteiger partial charge in [0, 0.05) is 17.1 Å². The Hall–Kier alpha value is -2.15. The summed E-state index contributed by atoms with van der Waals surface area (Å²) in [4.78, 5) is 23.3. The zero-order chi connectivity index (χ0) is 13.1. The predicted molar refractivity (Wildman–Crippen MR) is 67.3 cm³/mol. The molecule has 0 saturated heterocycles. The van der Waals surface area contributed by atoms with Gasteiger partial charge in [-0.15, -0.1) is 11.3 Å². The summed E-state index contributed by atoms with van der Waals surface area (Å²) in [6.07, 6.45) is 0.536. The first-order valence-corrected chi connectivity index (χ1v) is 5.99. The summed E-state index contributed by atoms with van der Waals surface area (Å²) in [6, 6.07) is 5.23. The number of hydrogen-bond donors (Lipinski definition) is 2. The molecule has 6 nitrogen and oxygen atoms in total. The molecule has 0 bridgehead atoms. The molecule has 18 heavy (non-hydrogen) atoms. The molecule has 0 aromatic carbocycles. The van der Waals surface area contributed by atoms with Crippen LogP contribution < -0.4 is 5.32 Å². The van der Waals surface area contributed by atoms with E-state index in [-0.39, 0.29) is 11.6 Å². The van der Waals surface area contributed by atoms with Crippen molar-refractivity contribution >= 4 is 29.0 Å². The molecule has 0 fully saturated rings. The van der Waals surface area contributed by atoms with Crippen LogP contribution >= 0.6 is 11.3 Å². The summed E-state index contributed by atoms with van der Waals surface area (Å²) >= 11 is 1.41. The summed E-state index contributed by atoms with van der Waals surface area (Å²) in [5.74, 6) is 0.325. The number of rotatable bonds is 4. The van der Waals surface area contributed by atoms with Crippen LogP contribution in [0.25, 0.3) is 0 Å². The Balaban J connectivity index is 2.06. The lowest BCUT2D eigenvalue weighted by Gasteiger charge is -1.98. The Labute approximate surface area is 107 Å². The van der Waals surface area contributed by atoms with Crippen LogP contribution in [0.3, 0.4) is 0 Å². The lowest BCUT2D eigenvalue weighted by Crippen LogP contribution is -2.08. The second-order valence-corrected chi connectivity index (χ2v) is 4.82. The fourth-order valence-corrected chi connectivity index (χ4v) is 2.33. The van der Waals surface area contributed by atoms with E-state index in [0.29, 0.717) is 11.4 Å². The molecule has 1 amide bonds. The zero-order valence-electron chi connectivity index (χ0n) is 9.58. The molecule has 0 aliphatic rings. The van der Waals surface area contributed by atoms with Crippen molar-refractivity contribution in [1.29, 1.82) is 0 Å². The first-order chi connectivity index (χ1) is 8.54. The summed E-state index contributed by atoms with van der Waals surface area (Å²) in [6.45, 7) is 2.04. The van der Waals surface area contributed by atoms with Crippen molar-refractivity contribution in [3.05, 3.63) is 34.2 Å². The number of anilines is 1. The van der Waals surface area contributed by atoms with Crippen LogP contribution in [-0.2, 0) is 6.54 Å². The molecule has 0 aliphatic heterocycles. The first kappa shape index (κ1) is 12.3. The van der Waals surface area contributed by atoms with Crippen LogP contribution in [0.15, 0.2) is 24.4 Å². The van der Waals surface area contributed by atoms with Crippen LogP contribution in [0, 0.1) is 0 Å². The molecule has 2 heterocycles. The Morgan fingerprint density at radius 2 is 2.22 bits per heavy atom. The van der Waals surface area contributed by atoms with E-state index in [1.165, 1.54) is 18.3 Å². The van der Waals surface area contributed by atoms with Gasteiger partial charge in [-0.25, -0.2) is 4.79 Å². The number of carbonyl (C=O) groups is 2. The van der Waals surface area contributed by atoms with Crippen molar-refractivity contribution in [1.82, 2.24) is 9.78 Å². The maximum absolute atomic E-state index is 11.1. The molecule has 0 aliphatic carbocycles. The minimum atomic E-state index is -1.14. The predicted octanol–water partition coefficient (Wildman–Crippen LogP) is 2.29. The van der Waals surface area contributed by atoms with Crippen molar-refractivity contribution < 1.29 is 14.7 Å². The number of carboxylic acid groups (broad SMARTS) is 1. The van der Waals surface area contributed by atoms with Crippen LogP contribution in [0.1, 0.15) is 21.5 Å². The van der Waals surface area contributed by atoms with Crippen LogP contribution in [-0.4, -0.2) is 26.8 Å². The SMILES string of the molecule is CC(=O)c1ccc(Cn2ccc(NC(=O)O)n2)s1. The second kappa shape index (κ2) is 5.01. The average molecular weight is 265 g/mol. The zero-order valence-corrected chi connectivity index (χ0v) is 10.4. The van der Waals surface area contributed by atoms with Gasteiger partial charge in [-0.05, 0) is 19.1 Å². The van der Waals surface area contributed by atoms with Gasteiger partial charge in [0.2, 0.25) is 0 Å². The standard InChI is InChI=1S/C11H11N3O3S/c1-7(15)9-3-2-8(18-9)6-14-5-4-10(13-14)12-11(16)17/h2-5H,6H2,1H3,(H,12,13)(H,16,17). The average Bonchev–Trinajstić information content (AvgIpc) is 2.88. The Kier molecular flexibility index (Phi) is 3.42. The highest BCUT2D eigenvalue weighted by atomic mass is 32.1. The number of nitrogens with one attached hydrogen (secondary N) is 1. The number of amides is 1. The number of nitrogens with zero attached hydrogens (tertiary/aromatic N) is 2. The van der Waals surface area contributed by atoms with Gasteiger partial charge in [-0.1, -0.05) is 0 Å². The molecule has 0 atom stereocenters. The van der Waals surface area contributed by atoms with E-state index in [0.717, 1.165) is 4.88 Å². The van der Waals surface area contributed by atoms with Gasteiger partial charge in [0.05, 0.1) is 11.4 Å². The van der Waals surface area contributed by atoms with Crippen molar-refractivity contribution in [3.8, 4) is 0 Å². The maximum atomic E-state index is 11.1. The molecular weight excluding hydrogens is 254 g/mol. The van der Waals surface area contributed by atoms with E-state index in [9.17, 15) is 9.59 Å². The van der Waals surface area contributed by atoms with Crippen LogP contribution in [0.4, 0.5) is 10.6 Å². The van der Waals surface area contributed by atoms with E-state index in [1.807, 2.05) is 6.07 Å². The third-order valence-electron chi connectivity index (χ3n) is 2.20. The molecule has 0 radical (unpaired) electrons. The number of carbonyl (C=O) groups excluding carboxylic acids is 1. The third-order valence-corrected chi connectivity index (χ3v) is 3.37. The van der Waals surface area contributed by atoms with Crippen molar-refractivity contribution in [2.45, 2.75) is 13.5 Å². The highest BCUT2D eigenvalue weighted by molar-refractivity contribution is 7.14. The van der Waals surface area contributed by atoms with Crippen LogP contribution in [0.2, 0.25) is 0 Å². The van der Waals surface area contributed by atoms with E-state index in [1.54, 1.807) is 23.0 Å². The van der Waals surface area contributed by atoms with Gasteiger partial charge in [0.15, 0.2) is 11.6 Å². The molecule has 7 heteroatoms. The summed E-state index contributed by atoms with van der Waals surface area (Å²) < 4.78 is 1.61. The fourth-order valence-electron chi connectivity index (χ4n) is 1.44. The molecule has 2 N–H and O–H groups in total. The van der Waals surface area contributed by atoms with Crippen molar-refractivity contribution in [2.24, 2.45) is 0 Å². The van der Waals surface area contributed by atoms with E-state index < -0.39 is 6.09 Å². The van der Waals surface area contributed by atoms with Gasteiger partial charge < -0.3 is 5.11 Å². The number of aromatic nitrogens is 2. The highest BCUT2D eigenvalue weighted by Gasteiger charge is 2.06. The number of hydrogen-bond acceptors (Lipinski definition) is 4. The molecule has 0 spiro atoms. The van der Waals surface area contributed by atoms with E-state index in [2.05, 4.69) is 10.4 Å². The largest absolute Gasteiger partial charge is 0.465 e. The Morgan fingerprint density at radius 3 is 2.83 bits per heavy atom. The lowest BCUT2D eigenvalue weighted by molar-refractivity contribution is 0.102. The van der Waals surface area contributed by atoms with Crippen molar-refractivity contribution in [3.63, 3.8) is 0 Å². The molecule has 0 unspecified atom stereocenters. The number of Topliss-reactive ketones (excluding diaryl/α,β-unsaturated/α-hetero) is 1. The van der Waals surface area contributed by atoms with Crippen LogP contribution in [0.5, 0.6) is 0 Å². The third kappa shape index (κ3) is 2.95. The summed E-state index contributed by atoms with van der Waals surface area (Å²) in [7, 11) is 0. The molecule has 0 saturated carbocycles. The van der Waals surface area contributed by atoms with E-state index in [4.69, 9.17) is 5.11 Å². The Morgan fingerprint density at radius 1 is 1.44 bits per heavy atom. The van der Waals surface area contributed by atoms with Gasteiger partial charge >= 0.3 is 6.09 Å². The van der Waals surface area contributed by atoms with Crippen molar-refractivity contribution in [2.75, 3.05) is 5.32 Å². The molecule has 2 rings (SSSR count). The van der Waals surface area contributed by atoms with Gasteiger partial charge in [0.25, 0.3) is 0 Å². The van der Waals surface area contributed by atoms with Gasteiger partial charge in [-0.2, -0.15) is 5.10 Å². The highest BCUT2D eigenvalue weighted by Crippen LogP contribution is 2.18. The summed E-state index contributed by atoms with van der Waals surface area (Å²) in [5, 5.41) is 14.7. The molecule has 2 aromatic heterocycles. The van der Waals surface area contributed by atoms with Gasteiger partial charge in [0.1, 0.15) is 0 Å². The maximum Gasteiger partial charge on any atom is 0.410 e. The fraction of sp³-hybridized carbons (Fsp3) is 0.182. The molecule has 94 valence electrons. The normalized spacial score (nSPS) is 10.3.